The maximum Gasteiger partial charge on any atom is 0.335 e. The third-order valence-electron chi connectivity index (χ3n) is 3.99. The Hall–Kier alpha value is -3.03. The zero-order valence-corrected chi connectivity index (χ0v) is 16.0. The second-order valence-electron chi connectivity index (χ2n) is 5.92. The summed E-state index contributed by atoms with van der Waals surface area (Å²) in [5.74, 6) is -0.965. The Balaban J connectivity index is 2.09. The van der Waals surface area contributed by atoms with Crippen LogP contribution >= 0.6 is 11.6 Å². The minimum atomic E-state index is -3.97. The minimum absolute atomic E-state index is 0.0330. The summed E-state index contributed by atoms with van der Waals surface area (Å²) in [5.41, 5.74) is 4.97. The molecule has 0 radical (unpaired) electrons. The summed E-state index contributed by atoms with van der Waals surface area (Å²) < 4.78 is 32.2. The van der Waals surface area contributed by atoms with Crippen molar-refractivity contribution in [3.63, 3.8) is 0 Å². The van der Waals surface area contributed by atoms with Gasteiger partial charge in [-0.2, -0.15) is 0 Å². The van der Waals surface area contributed by atoms with E-state index in [1.807, 2.05) is 0 Å². The van der Waals surface area contributed by atoms with Gasteiger partial charge in [0.05, 0.1) is 16.1 Å². The number of aromatic carboxylic acids is 1. The first-order valence-corrected chi connectivity index (χ1v) is 10.1. The molecule has 0 bridgehead atoms. The molecular formula is C20H16ClNO5S. The number of ether oxygens (including phenoxy) is 1. The third-order valence-corrected chi connectivity index (χ3v) is 6.09. The number of hydrogen-bond acceptors (Lipinski definition) is 5. The lowest BCUT2D eigenvalue weighted by atomic mass is 10.1. The lowest BCUT2D eigenvalue weighted by Crippen LogP contribution is -2.20. The smallest absolute Gasteiger partial charge is 0.335 e. The number of halogens is 1. The Labute approximate surface area is 167 Å². The van der Waals surface area contributed by atoms with E-state index in [1.54, 1.807) is 18.2 Å². The molecule has 0 saturated carbocycles. The number of nitrogen functional groups attached to an aromatic ring is 1. The van der Waals surface area contributed by atoms with Gasteiger partial charge < -0.3 is 15.6 Å². The van der Waals surface area contributed by atoms with Gasteiger partial charge in [-0.15, -0.1) is 0 Å². The van der Waals surface area contributed by atoms with Crippen LogP contribution in [-0.4, -0.2) is 19.5 Å². The summed E-state index contributed by atoms with van der Waals surface area (Å²) in [7, 11) is -3.97. The first-order chi connectivity index (χ1) is 13.3. The van der Waals surface area contributed by atoms with Crippen molar-refractivity contribution < 1.29 is 23.1 Å². The van der Waals surface area contributed by atoms with Crippen molar-refractivity contribution in [2.45, 2.75) is 10.3 Å². The SMILES string of the molecule is Nc1cc(Cl)ccc1OC(c1ccc(C(=O)O)cc1)S(=O)(=O)c1ccccc1. The number of carbonyl (C=O) groups is 1. The van der Waals surface area contributed by atoms with E-state index in [-0.39, 0.29) is 27.5 Å². The van der Waals surface area contributed by atoms with E-state index in [2.05, 4.69) is 0 Å². The van der Waals surface area contributed by atoms with Crippen LogP contribution in [0.1, 0.15) is 21.4 Å². The molecule has 3 N–H and O–H groups in total. The van der Waals surface area contributed by atoms with E-state index in [4.69, 9.17) is 27.2 Å². The molecule has 3 rings (SSSR count). The van der Waals surface area contributed by atoms with Crippen molar-refractivity contribution in [1.82, 2.24) is 0 Å². The Morgan fingerprint density at radius 2 is 1.64 bits per heavy atom. The van der Waals surface area contributed by atoms with Crippen LogP contribution in [0.5, 0.6) is 5.75 Å². The van der Waals surface area contributed by atoms with Gasteiger partial charge in [-0.05, 0) is 42.5 Å². The number of benzene rings is 3. The van der Waals surface area contributed by atoms with Gasteiger partial charge in [-0.25, -0.2) is 13.2 Å². The van der Waals surface area contributed by atoms with Crippen LogP contribution < -0.4 is 10.5 Å². The van der Waals surface area contributed by atoms with Crippen LogP contribution in [-0.2, 0) is 9.84 Å². The fourth-order valence-electron chi connectivity index (χ4n) is 2.57. The fourth-order valence-corrected chi connectivity index (χ4v) is 4.28. The van der Waals surface area contributed by atoms with Crippen LogP contribution in [0.25, 0.3) is 0 Å². The molecular weight excluding hydrogens is 402 g/mol. The number of hydrogen-bond donors (Lipinski definition) is 2. The summed E-state index contributed by atoms with van der Waals surface area (Å²) in [6.07, 6.45) is 0. The quantitative estimate of drug-likeness (QED) is 0.583. The van der Waals surface area contributed by atoms with Gasteiger partial charge in [0.1, 0.15) is 5.75 Å². The molecule has 0 aliphatic rings. The molecule has 1 unspecified atom stereocenters. The number of carboxylic acid groups (broad SMARTS) is 1. The van der Waals surface area contributed by atoms with Gasteiger partial charge >= 0.3 is 5.97 Å². The van der Waals surface area contributed by atoms with Crippen molar-refractivity contribution in [2.24, 2.45) is 0 Å². The Morgan fingerprint density at radius 3 is 2.21 bits per heavy atom. The number of carboxylic acids is 1. The zero-order chi connectivity index (χ0) is 20.3. The first-order valence-electron chi connectivity index (χ1n) is 8.13. The van der Waals surface area contributed by atoms with Crippen LogP contribution in [0.3, 0.4) is 0 Å². The highest BCUT2D eigenvalue weighted by Gasteiger charge is 2.32. The van der Waals surface area contributed by atoms with Crippen LogP contribution in [0, 0.1) is 0 Å². The van der Waals surface area contributed by atoms with Crippen molar-refractivity contribution in [3.8, 4) is 5.75 Å². The van der Waals surface area contributed by atoms with Crippen molar-refractivity contribution >= 4 is 33.1 Å². The molecule has 6 nitrogen and oxygen atoms in total. The van der Waals surface area contributed by atoms with Crippen molar-refractivity contribution in [2.75, 3.05) is 5.73 Å². The third kappa shape index (κ3) is 4.11. The van der Waals surface area contributed by atoms with Crippen LogP contribution in [0.15, 0.2) is 77.7 Å². The van der Waals surface area contributed by atoms with Crippen molar-refractivity contribution in [1.29, 1.82) is 0 Å². The standard InChI is InChI=1S/C20H16ClNO5S/c21-15-10-11-18(17(22)12-15)27-20(14-8-6-13(7-9-14)19(23)24)28(25,26)16-4-2-1-3-5-16/h1-12,20H,22H2,(H,23,24). The summed E-state index contributed by atoms with van der Waals surface area (Å²) in [4.78, 5) is 11.2. The predicted molar refractivity (Wildman–Crippen MR) is 106 cm³/mol. The summed E-state index contributed by atoms with van der Waals surface area (Å²) in [5, 5.41) is 9.46. The predicted octanol–water partition coefficient (Wildman–Crippen LogP) is 4.17. The monoisotopic (exact) mass is 417 g/mol. The van der Waals surface area contributed by atoms with Gasteiger partial charge in [0.25, 0.3) is 0 Å². The second kappa shape index (κ2) is 7.92. The fraction of sp³-hybridized carbons (Fsp3) is 0.0500. The maximum atomic E-state index is 13.2. The maximum absolute atomic E-state index is 13.2. The summed E-state index contributed by atoms with van der Waals surface area (Å²) in [6, 6.07) is 17.8. The molecule has 0 aliphatic carbocycles. The Morgan fingerprint density at radius 1 is 1.00 bits per heavy atom. The van der Waals surface area contributed by atoms with Gasteiger partial charge in [0.2, 0.25) is 15.3 Å². The van der Waals surface area contributed by atoms with E-state index in [9.17, 15) is 13.2 Å². The van der Waals surface area contributed by atoms with E-state index in [1.165, 1.54) is 54.6 Å². The zero-order valence-electron chi connectivity index (χ0n) is 14.4. The summed E-state index contributed by atoms with van der Waals surface area (Å²) in [6.45, 7) is 0. The van der Waals surface area contributed by atoms with E-state index >= 15 is 0 Å². The van der Waals surface area contributed by atoms with Crippen molar-refractivity contribution in [3.05, 3.63) is 88.9 Å². The Bertz CT molecular complexity index is 1100. The van der Waals surface area contributed by atoms with Gasteiger partial charge in [0.15, 0.2) is 0 Å². The largest absolute Gasteiger partial charge is 0.478 e. The highest BCUT2D eigenvalue weighted by molar-refractivity contribution is 7.91. The molecule has 28 heavy (non-hydrogen) atoms. The Kier molecular flexibility index (Phi) is 5.58. The average molecular weight is 418 g/mol. The lowest BCUT2D eigenvalue weighted by molar-refractivity contribution is 0.0697. The van der Waals surface area contributed by atoms with Gasteiger partial charge in [-0.3, -0.25) is 0 Å². The van der Waals surface area contributed by atoms with Crippen LogP contribution in [0.4, 0.5) is 5.69 Å². The average Bonchev–Trinajstić information content (AvgIpc) is 2.68. The molecule has 1 atom stereocenters. The number of rotatable bonds is 6. The normalized spacial score (nSPS) is 12.3. The summed E-state index contributed by atoms with van der Waals surface area (Å²) >= 11 is 5.89. The number of sulfone groups is 1. The van der Waals surface area contributed by atoms with E-state index in [0.29, 0.717) is 5.02 Å². The molecule has 0 heterocycles. The molecule has 3 aromatic carbocycles. The minimum Gasteiger partial charge on any atom is -0.478 e. The molecule has 8 heteroatoms. The molecule has 0 spiro atoms. The highest BCUT2D eigenvalue weighted by Crippen LogP contribution is 2.35. The topological polar surface area (TPSA) is 107 Å². The molecule has 0 fully saturated rings. The molecule has 144 valence electrons. The van der Waals surface area contributed by atoms with Crippen LogP contribution in [0.2, 0.25) is 5.02 Å². The number of nitrogens with two attached hydrogens (primary N) is 1. The molecule has 0 aromatic heterocycles. The highest BCUT2D eigenvalue weighted by atomic mass is 35.5. The van der Waals surface area contributed by atoms with Gasteiger partial charge in [-0.1, -0.05) is 41.9 Å². The lowest BCUT2D eigenvalue weighted by Gasteiger charge is -2.21. The van der Waals surface area contributed by atoms with Gasteiger partial charge in [0, 0.05) is 10.6 Å². The molecule has 0 amide bonds. The first kappa shape index (κ1) is 19.7. The molecule has 3 aromatic rings. The van der Waals surface area contributed by atoms with E-state index < -0.39 is 21.2 Å². The second-order valence-corrected chi connectivity index (χ2v) is 8.34. The number of anilines is 1. The molecule has 0 saturated heterocycles. The van der Waals surface area contributed by atoms with E-state index in [0.717, 1.165) is 0 Å². The molecule has 0 aliphatic heterocycles.